The Labute approximate surface area is 129 Å². The Morgan fingerprint density at radius 3 is 2.73 bits per heavy atom. The summed E-state index contributed by atoms with van der Waals surface area (Å²) in [4.78, 5) is 2.48. The molecule has 1 fully saturated rings. The third-order valence-electron chi connectivity index (χ3n) is 4.74. The van der Waals surface area contributed by atoms with Gasteiger partial charge in [0, 0.05) is 30.0 Å². The van der Waals surface area contributed by atoms with Crippen LogP contribution in [0.15, 0.2) is 54.6 Å². The average Bonchev–Trinajstić information content (AvgIpc) is 3.32. The molecule has 2 aliphatic rings. The number of nitrogens with zero attached hydrogens (tertiary/aromatic N) is 2. The highest BCUT2D eigenvalue weighted by Crippen LogP contribution is 2.32. The Bertz CT molecular complexity index is 848. The highest BCUT2D eigenvalue weighted by molar-refractivity contribution is 5.82. The van der Waals surface area contributed by atoms with Crippen molar-refractivity contribution in [2.24, 2.45) is 0 Å². The number of hydrogen-bond acceptors (Lipinski definition) is 2. The predicted octanol–water partition coefficient (Wildman–Crippen LogP) is 3.41. The van der Waals surface area contributed by atoms with Gasteiger partial charge < -0.3 is 14.2 Å². The van der Waals surface area contributed by atoms with E-state index in [1.165, 1.54) is 27.8 Å². The molecule has 0 bridgehead atoms. The first-order chi connectivity index (χ1) is 10.9. The number of benzene rings is 2. The Hall–Kier alpha value is -2.26. The number of anilines is 1. The zero-order valence-corrected chi connectivity index (χ0v) is 12.4. The highest BCUT2D eigenvalue weighted by atomic mass is 16.6. The van der Waals surface area contributed by atoms with Crippen LogP contribution in [-0.4, -0.2) is 23.8 Å². The van der Waals surface area contributed by atoms with E-state index in [2.05, 4.69) is 64.1 Å². The van der Waals surface area contributed by atoms with E-state index in [9.17, 15) is 0 Å². The molecule has 22 heavy (non-hydrogen) atoms. The van der Waals surface area contributed by atoms with Crippen LogP contribution in [0.5, 0.6) is 0 Å². The molecule has 0 radical (unpaired) electrons. The minimum Gasteiger partial charge on any atom is -0.371 e. The standard InChI is InChI=1S/C19H18N2O/c1-4-8-19-14(5-1)9-16-11-20(12-17-13-22-17)18-7-3-2-6-15(18)10-21(16)19/h1-9,17H,10-13H2. The molecule has 0 amide bonds. The Morgan fingerprint density at radius 2 is 1.82 bits per heavy atom. The summed E-state index contributed by atoms with van der Waals surface area (Å²) in [6.45, 7) is 3.78. The van der Waals surface area contributed by atoms with Crippen LogP contribution in [0.1, 0.15) is 11.3 Å². The van der Waals surface area contributed by atoms with Crippen molar-refractivity contribution in [3.05, 3.63) is 65.9 Å². The minimum atomic E-state index is 0.406. The quantitative estimate of drug-likeness (QED) is 0.674. The van der Waals surface area contributed by atoms with E-state index in [-0.39, 0.29) is 0 Å². The third kappa shape index (κ3) is 1.93. The van der Waals surface area contributed by atoms with Crippen molar-refractivity contribution in [2.45, 2.75) is 19.2 Å². The first-order valence-corrected chi connectivity index (χ1v) is 7.90. The molecule has 3 heteroatoms. The Morgan fingerprint density at radius 1 is 1.00 bits per heavy atom. The molecule has 1 aromatic heterocycles. The lowest BCUT2D eigenvalue weighted by molar-refractivity contribution is 0.407. The molecule has 2 aliphatic heterocycles. The van der Waals surface area contributed by atoms with Gasteiger partial charge in [-0.2, -0.15) is 0 Å². The fraction of sp³-hybridized carbons (Fsp3) is 0.263. The summed E-state index contributed by atoms with van der Waals surface area (Å²) in [6.07, 6.45) is 0.406. The molecule has 3 aromatic rings. The second-order valence-electron chi connectivity index (χ2n) is 6.25. The van der Waals surface area contributed by atoms with Gasteiger partial charge in [0.2, 0.25) is 0 Å². The van der Waals surface area contributed by atoms with E-state index < -0.39 is 0 Å². The molecule has 5 rings (SSSR count). The summed E-state index contributed by atoms with van der Waals surface area (Å²) in [5, 5.41) is 1.33. The summed E-state index contributed by atoms with van der Waals surface area (Å²) in [6, 6.07) is 19.8. The molecule has 1 atom stereocenters. The van der Waals surface area contributed by atoms with E-state index >= 15 is 0 Å². The number of ether oxygens (including phenoxy) is 1. The van der Waals surface area contributed by atoms with E-state index in [4.69, 9.17) is 4.74 Å². The first kappa shape index (κ1) is 12.3. The van der Waals surface area contributed by atoms with E-state index in [0.717, 1.165) is 26.2 Å². The van der Waals surface area contributed by atoms with Crippen LogP contribution < -0.4 is 4.90 Å². The summed E-state index contributed by atoms with van der Waals surface area (Å²) in [5.41, 5.74) is 5.46. The van der Waals surface area contributed by atoms with Gasteiger partial charge in [-0.05, 0) is 29.1 Å². The highest BCUT2D eigenvalue weighted by Gasteiger charge is 2.28. The van der Waals surface area contributed by atoms with Crippen molar-refractivity contribution in [3.63, 3.8) is 0 Å². The van der Waals surface area contributed by atoms with Crippen LogP contribution in [0.2, 0.25) is 0 Å². The smallest absolute Gasteiger partial charge is 0.0984 e. The van der Waals surface area contributed by atoms with E-state index in [1.807, 2.05) is 0 Å². The molecular formula is C19H18N2O. The van der Waals surface area contributed by atoms with Crippen LogP contribution in [0.25, 0.3) is 10.9 Å². The van der Waals surface area contributed by atoms with Crippen molar-refractivity contribution in [3.8, 4) is 0 Å². The Balaban J connectivity index is 1.67. The summed E-state index contributed by atoms with van der Waals surface area (Å²) in [7, 11) is 0. The predicted molar refractivity (Wildman–Crippen MR) is 88.3 cm³/mol. The lowest BCUT2D eigenvalue weighted by atomic mass is 10.1. The monoisotopic (exact) mass is 290 g/mol. The number of rotatable bonds is 2. The second kappa shape index (κ2) is 4.62. The van der Waals surface area contributed by atoms with Crippen molar-refractivity contribution < 1.29 is 4.74 Å². The van der Waals surface area contributed by atoms with Crippen molar-refractivity contribution in [1.29, 1.82) is 0 Å². The van der Waals surface area contributed by atoms with E-state index in [1.54, 1.807) is 0 Å². The molecule has 3 heterocycles. The van der Waals surface area contributed by atoms with Gasteiger partial charge in [0.25, 0.3) is 0 Å². The van der Waals surface area contributed by atoms with Crippen molar-refractivity contribution in [2.75, 3.05) is 18.1 Å². The van der Waals surface area contributed by atoms with Gasteiger partial charge in [-0.15, -0.1) is 0 Å². The Kier molecular flexibility index (Phi) is 2.58. The lowest BCUT2D eigenvalue weighted by Gasteiger charge is -2.23. The van der Waals surface area contributed by atoms with Crippen LogP contribution in [0.3, 0.4) is 0 Å². The topological polar surface area (TPSA) is 20.7 Å². The molecule has 3 nitrogen and oxygen atoms in total. The maximum atomic E-state index is 5.47. The van der Waals surface area contributed by atoms with Crippen molar-refractivity contribution in [1.82, 2.24) is 4.57 Å². The maximum Gasteiger partial charge on any atom is 0.0984 e. The third-order valence-corrected chi connectivity index (χ3v) is 4.74. The van der Waals surface area contributed by atoms with Crippen LogP contribution >= 0.6 is 0 Å². The molecule has 110 valence electrons. The largest absolute Gasteiger partial charge is 0.371 e. The average molecular weight is 290 g/mol. The van der Waals surface area contributed by atoms with Crippen LogP contribution in [0, 0.1) is 0 Å². The summed E-state index contributed by atoms with van der Waals surface area (Å²) < 4.78 is 7.93. The van der Waals surface area contributed by atoms with Crippen LogP contribution in [-0.2, 0) is 17.8 Å². The van der Waals surface area contributed by atoms with Gasteiger partial charge in [-0.3, -0.25) is 0 Å². The zero-order valence-electron chi connectivity index (χ0n) is 12.4. The molecule has 0 N–H and O–H groups in total. The molecule has 2 aromatic carbocycles. The molecule has 1 saturated heterocycles. The fourth-order valence-electron chi connectivity index (χ4n) is 3.57. The summed E-state index contributed by atoms with van der Waals surface area (Å²) in [5.74, 6) is 0. The number of epoxide rings is 1. The van der Waals surface area contributed by atoms with Crippen molar-refractivity contribution >= 4 is 16.6 Å². The molecule has 0 spiro atoms. The fourth-order valence-corrected chi connectivity index (χ4v) is 3.57. The van der Waals surface area contributed by atoms with Gasteiger partial charge in [0.1, 0.15) is 0 Å². The summed E-state index contributed by atoms with van der Waals surface area (Å²) >= 11 is 0. The van der Waals surface area contributed by atoms with E-state index in [0.29, 0.717) is 6.10 Å². The first-order valence-electron chi connectivity index (χ1n) is 7.90. The van der Waals surface area contributed by atoms with Gasteiger partial charge in [-0.1, -0.05) is 36.4 Å². The molecular weight excluding hydrogens is 272 g/mol. The lowest BCUT2D eigenvalue weighted by Crippen LogP contribution is -2.27. The number of aromatic nitrogens is 1. The van der Waals surface area contributed by atoms with Gasteiger partial charge in [0.05, 0.1) is 19.3 Å². The van der Waals surface area contributed by atoms with Gasteiger partial charge in [0.15, 0.2) is 0 Å². The van der Waals surface area contributed by atoms with Crippen LogP contribution in [0.4, 0.5) is 5.69 Å². The SMILES string of the molecule is c1ccc2c(c1)Cn1c(cc3ccccc31)CN2CC1CO1. The number of hydrogen-bond donors (Lipinski definition) is 0. The van der Waals surface area contributed by atoms with Gasteiger partial charge >= 0.3 is 0 Å². The maximum absolute atomic E-state index is 5.47. The second-order valence-corrected chi connectivity index (χ2v) is 6.25. The minimum absolute atomic E-state index is 0.406. The number of para-hydroxylation sites is 2. The normalized spacial score (nSPS) is 19.6. The number of fused-ring (bicyclic) bond motifs is 4. The molecule has 0 saturated carbocycles. The molecule has 1 unspecified atom stereocenters. The van der Waals surface area contributed by atoms with Gasteiger partial charge in [-0.25, -0.2) is 0 Å². The molecule has 0 aliphatic carbocycles. The zero-order chi connectivity index (χ0) is 14.5.